The number of unbranched alkanes of at least 4 members (excludes halogenated alkanes) is 1. The van der Waals surface area contributed by atoms with Crippen LogP contribution in [0.1, 0.15) is 39.5 Å². The van der Waals surface area contributed by atoms with Crippen LogP contribution in [0.4, 0.5) is 0 Å². The third-order valence-electron chi connectivity index (χ3n) is 3.84. The number of aliphatic imine (C=N–C) groups is 1. The number of thioether (sulfide) groups is 1. The lowest BCUT2D eigenvalue weighted by atomic mass is 10.0. The fourth-order valence-corrected chi connectivity index (χ4v) is 3.24. The van der Waals surface area contributed by atoms with Gasteiger partial charge in [0.05, 0.1) is 0 Å². The molecule has 1 heterocycles. The standard InChI is InChI=1S/C16H34N4S.HI/c1-14(2)13-20-10-7-15(8-11-20)19-16(17-3)18-9-5-6-12-21-4;/h14-15H,5-13H2,1-4H3,(H2,17,18,19);1H. The van der Waals surface area contributed by atoms with E-state index < -0.39 is 0 Å². The number of piperidine rings is 1. The highest BCUT2D eigenvalue weighted by atomic mass is 127. The molecule has 6 heteroatoms. The fourth-order valence-electron chi connectivity index (χ4n) is 2.74. The minimum absolute atomic E-state index is 0. The van der Waals surface area contributed by atoms with Crippen molar-refractivity contribution < 1.29 is 0 Å². The monoisotopic (exact) mass is 442 g/mol. The first-order chi connectivity index (χ1) is 10.2. The van der Waals surface area contributed by atoms with Crippen LogP contribution in [0, 0.1) is 5.92 Å². The van der Waals surface area contributed by atoms with Crippen LogP contribution in [0.3, 0.4) is 0 Å². The van der Waals surface area contributed by atoms with Crippen molar-refractivity contribution in [2.75, 3.05) is 45.2 Å². The second-order valence-corrected chi connectivity index (χ2v) is 7.30. The summed E-state index contributed by atoms with van der Waals surface area (Å²) in [6.07, 6.45) is 7.10. The first-order valence-electron chi connectivity index (χ1n) is 8.34. The van der Waals surface area contributed by atoms with E-state index in [0.29, 0.717) is 6.04 Å². The number of nitrogens with zero attached hydrogens (tertiary/aromatic N) is 2. The van der Waals surface area contributed by atoms with E-state index >= 15 is 0 Å². The Morgan fingerprint density at radius 3 is 2.50 bits per heavy atom. The number of halogens is 1. The van der Waals surface area contributed by atoms with Crippen LogP contribution >= 0.6 is 35.7 Å². The Morgan fingerprint density at radius 2 is 1.95 bits per heavy atom. The molecule has 0 spiro atoms. The van der Waals surface area contributed by atoms with Crippen molar-refractivity contribution in [3.63, 3.8) is 0 Å². The van der Waals surface area contributed by atoms with Crippen LogP contribution < -0.4 is 10.6 Å². The van der Waals surface area contributed by atoms with Gasteiger partial charge in [0.2, 0.25) is 0 Å². The molecule has 0 aromatic rings. The number of nitrogens with one attached hydrogen (secondary N) is 2. The zero-order valence-corrected chi connectivity index (χ0v) is 17.9. The van der Waals surface area contributed by atoms with Crippen molar-refractivity contribution in [3.05, 3.63) is 0 Å². The van der Waals surface area contributed by atoms with Crippen molar-refractivity contribution in [2.24, 2.45) is 10.9 Å². The number of rotatable bonds is 8. The fraction of sp³-hybridized carbons (Fsp3) is 0.938. The number of guanidine groups is 1. The van der Waals surface area contributed by atoms with E-state index in [4.69, 9.17) is 0 Å². The van der Waals surface area contributed by atoms with Gasteiger partial charge in [-0.2, -0.15) is 11.8 Å². The second kappa shape index (κ2) is 13.7. The molecule has 0 aliphatic carbocycles. The summed E-state index contributed by atoms with van der Waals surface area (Å²) in [4.78, 5) is 6.93. The van der Waals surface area contributed by atoms with Gasteiger partial charge in [-0.25, -0.2) is 0 Å². The molecule has 1 rings (SSSR count). The predicted molar refractivity (Wildman–Crippen MR) is 112 cm³/mol. The summed E-state index contributed by atoms with van der Waals surface area (Å²) in [5, 5.41) is 7.01. The van der Waals surface area contributed by atoms with Crippen molar-refractivity contribution >= 4 is 41.7 Å². The highest BCUT2D eigenvalue weighted by molar-refractivity contribution is 14.0. The summed E-state index contributed by atoms with van der Waals surface area (Å²) < 4.78 is 0. The van der Waals surface area contributed by atoms with Gasteiger partial charge in [0.1, 0.15) is 0 Å². The summed E-state index contributed by atoms with van der Waals surface area (Å²) in [6.45, 7) is 9.27. The van der Waals surface area contributed by atoms with Crippen molar-refractivity contribution in [3.8, 4) is 0 Å². The summed E-state index contributed by atoms with van der Waals surface area (Å²) in [6, 6.07) is 0.575. The lowest BCUT2D eigenvalue weighted by Gasteiger charge is -2.34. The van der Waals surface area contributed by atoms with Crippen LogP contribution in [0.2, 0.25) is 0 Å². The normalized spacial score (nSPS) is 17.4. The van der Waals surface area contributed by atoms with E-state index in [2.05, 4.69) is 40.6 Å². The van der Waals surface area contributed by atoms with E-state index in [1.54, 1.807) is 0 Å². The van der Waals surface area contributed by atoms with Gasteiger partial charge in [-0.1, -0.05) is 13.8 Å². The van der Waals surface area contributed by atoms with Gasteiger partial charge in [0.15, 0.2) is 5.96 Å². The van der Waals surface area contributed by atoms with E-state index in [0.717, 1.165) is 18.4 Å². The molecule has 4 nitrogen and oxygen atoms in total. The lowest BCUT2D eigenvalue weighted by Crippen LogP contribution is -2.49. The molecule has 0 aromatic carbocycles. The van der Waals surface area contributed by atoms with E-state index in [1.807, 2.05) is 18.8 Å². The molecule has 1 aliphatic rings. The van der Waals surface area contributed by atoms with Crippen molar-refractivity contribution in [2.45, 2.75) is 45.6 Å². The minimum Gasteiger partial charge on any atom is -0.356 e. The van der Waals surface area contributed by atoms with Crippen LogP contribution in [-0.4, -0.2) is 62.1 Å². The number of likely N-dealkylation sites (tertiary alicyclic amines) is 1. The van der Waals surface area contributed by atoms with Crippen LogP contribution in [0.5, 0.6) is 0 Å². The third kappa shape index (κ3) is 10.2. The maximum Gasteiger partial charge on any atom is 0.191 e. The Balaban J connectivity index is 0.00000441. The third-order valence-corrected chi connectivity index (χ3v) is 4.54. The Kier molecular flexibility index (Phi) is 13.9. The van der Waals surface area contributed by atoms with Gasteiger partial charge in [-0.05, 0) is 43.6 Å². The Labute approximate surface area is 158 Å². The molecule has 1 aliphatic heterocycles. The average Bonchev–Trinajstić information content (AvgIpc) is 2.47. The Bertz CT molecular complexity index is 292. The van der Waals surface area contributed by atoms with E-state index in [1.165, 1.54) is 51.1 Å². The lowest BCUT2D eigenvalue weighted by molar-refractivity contribution is 0.187. The summed E-state index contributed by atoms with van der Waals surface area (Å²) in [5.41, 5.74) is 0. The molecule has 1 fully saturated rings. The first kappa shape index (κ1) is 22.3. The molecule has 0 saturated carbocycles. The zero-order chi connectivity index (χ0) is 15.5. The van der Waals surface area contributed by atoms with E-state index in [9.17, 15) is 0 Å². The molecular weight excluding hydrogens is 407 g/mol. The highest BCUT2D eigenvalue weighted by Gasteiger charge is 2.20. The molecule has 0 atom stereocenters. The number of hydrogen-bond acceptors (Lipinski definition) is 3. The molecule has 0 aromatic heterocycles. The SMILES string of the molecule is CN=C(NCCCCSC)NC1CCN(CC(C)C)CC1.I. The summed E-state index contributed by atoms with van der Waals surface area (Å²) in [5.74, 6) is 2.99. The topological polar surface area (TPSA) is 39.7 Å². The summed E-state index contributed by atoms with van der Waals surface area (Å²) >= 11 is 1.92. The quantitative estimate of drug-likeness (QED) is 0.262. The van der Waals surface area contributed by atoms with Gasteiger partial charge >= 0.3 is 0 Å². The Morgan fingerprint density at radius 1 is 1.27 bits per heavy atom. The van der Waals surface area contributed by atoms with Crippen LogP contribution in [0.15, 0.2) is 4.99 Å². The van der Waals surface area contributed by atoms with Crippen molar-refractivity contribution in [1.29, 1.82) is 0 Å². The molecule has 0 radical (unpaired) electrons. The molecule has 1 saturated heterocycles. The van der Waals surface area contributed by atoms with Crippen LogP contribution in [-0.2, 0) is 0 Å². The largest absolute Gasteiger partial charge is 0.356 e. The van der Waals surface area contributed by atoms with E-state index in [-0.39, 0.29) is 24.0 Å². The average molecular weight is 442 g/mol. The van der Waals surface area contributed by atoms with Gasteiger partial charge in [-0.15, -0.1) is 24.0 Å². The molecule has 2 N–H and O–H groups in total. The molecule has 132 valence electrons. The van der Waals surface area contributed by atoms with Gasteiger partial charge < -0.3 is 15.5 Å². The maximum absolute atomic E-state index is 4.34. The summed E-state index contributed by atoms with van der Waals surface area (Å²) in [7, 11) is 1.87. The van der Waals surface area contributed by atoms with Crippen LogP contribution in [0.25, 0.3) is 0 Å². The molecule has 0 bridgehead atoms. The second-order valence-electron chi connectivity index (χ2n) is 6.31. The van der Waals surface area contributed by atoms with Gasteiger partial charge in [0.25, 0.3) is 0 Å². The van der Waals surface area contributed by atoms with Gasteiger partial charge in [0, 0.05) is 39.3 Å². The molecule has 22 heavy (non-hydrogen) atoms. The molecule has 0 unspecified atom stereocenters. The zero-order valence-electron chi connectivity index (χ0n) is 14.7. The smallest absolute Gasteiger partial charge is 0.191 e. The first-order valence-corrected chi connectivity index (χ1v) is 9.73. The molecular formula is C16H35IN4S. The number of hydrogen-bond donors (Lipinski definition) is 2. The maximum atomic E-state index is 4.34. The highest BCUT2D eigenvalue weighted by Crippen LogP contribution is 2.11. The Hall–Kier alpha value is 0.310. The van der Waals surface area contributed by atoms with Gasteiger partial charge in [-0.3, -0.25) is 4.99 Å². The van der Waals surface area contributed by atoms with Crippen molar-refractivity contribution in [1.82, 2.24) is 15.5 Å². The minimum atomic E-state index is 0. The predicted octanol–water partition coefficient (Wildman–Crippen LogP) is 3.03. The molecule has 0 amide bonds.